The molecule has 3 saturated heterocycles. The second-order valence-electron chi connectivity index (χ2n) is 19.2. The van der Waals surface area contributed by atoms with Crippen molar-refractivity contribution in [3.8, 4) is 17.2 Å². The van der Waals surface area contributed by atoms with Gasteiger partial charge >= 0.3 is 39.0 Å². The van der Waals surface area contributed by atoms with Gasteiger partial charge in [-0.25, -0.2) is 9.59 Å². The van der Waals surface area contributed by atoms with Crippen molar-refractivity contribution in [2.45, 2.75) is 137 Å². The molecule has 382 valence electrons. The van der Waals surface area contributed by atoms with Gasteiger partial charge in [-0.2, -0.15) is 0 Å². The zero-order chi connectivity index (χ0) is 52.9. The molecule has 0 aromatic heterocycles. The van der Waals surface area contributed by atoms with E-state index in [1.165, 1.54) is 21.3 Å². The van der Waals surface area contributed by atoms with Crippen LogP contribution in [0.2, 0.25) is 0 Å². The molecule has 3 heterocycles. The average molecular weight is 1160 g/mol. The number of carbonyl (C=O) groups is 3. The van der Waals surface area contributed by atoms with E-state index in [4.69, 9.17) is 42.5 Å². The van der Waals surface area contributed by atoms with E-state index < -0.39 is 44.3 Å². The molecular weight excluding hydrogens is 1090 g/mol. The summed E-state index contributed by atoms with van der Waals surface area (Å²) in [4.78, 5) is 32.0. The number of methoxy groups -OCH3 is 3. The number of rotatable bonds is 9. The topological polar surface area (TPSA) is 173 Å². The second-order valence-corrected chi connectivity index (χ2v) is 21.5. The van der Waals surface area contributed by atoms with E-state index in [1.807, 2.05) is 152 Å². The number of esters is 3. The summed E-state index contributed by atoms with van der Waals surface area (Å²) in [7, 11) is 2.53. The van der Waals surface area contributed by atoms with Gasteiger partial charge in [-0.3, -0.25) is 4.79 Å². The minimum absolute atomic E-state index is 0.0713. The highest BCUT2D eigenvalue weighted by Crippen LogP contribution is 2.43. The van der Waals surface area contributed by atoms with E-state index in [0.29, 0.717) is 17.2 Å². The normalized spacial score (nSPS) is 18.3. The number of carbonyl (C=O) groups excluding carboxylic acids is 3. The number of aromatic hydroxyl groups is 1. The van der Waals surface area contributed by atoms with Crippen LogP contribution in [0, 0.1) is 20.8 Å². The Morgan fingerprint density at radius 1 is 0.507 bits per heavy atom. The smallest absolute Gasteiger partial charge is 0.498 e. The average Bonchev–Trinajstić information content (AvgIpc) is 3.73. The maximum atomic E-state index is 11.3. The molecule has 3 aliphatic heterocycles. The number of phenols is 1. The fourth-order valence-electron chi connectivity index (χ4n) is 5.73. The van der Waals surface area contributed by atoms with Gasteiger partial charge in [0, 0.05) is 5.46 Å². The van der Waals surface area contributed by atoms with E-state index in [0.717, 1.165) is 31.1 Å². The SMILES string of the molecule is CC1(C)OB(B2OC(C)(C)C(C)(C)O2)OC1(C)C.COC(=O)CBr.COC(=O)COc1ccc(C)cc1B1OC(C)(C)C(C)(C)O1.COC(=O)COc1ccc(C)cc1Br.Cc1ccc(O)c(Br)c1. The standard InChI is InChI=1S/C16H23BO5.C12H24B2O4.C10H11BrO3.C7H7BrO.C3H5BrO2/c1-11-7-8-13(20-10-14(18)19-6)12(9-11)17-21-15(2,3)16(4,5)22-17;1-9(2)10(3,4)16-13(15-9)14-17-11(5,6)12(7,8)18-14;1-7-3-4-9(8(11)5-7)14-6-10(12)13-2;1-5-2-3-7(9)6(8)4-5;1-6-3(5)2-4/h7-9H,10H2,1-6H3;1-8H3;3-5H,6H2,1-2H3;2-4,9H,1H3;2H2,1H3. The van der Waals surface area contributed by atoms with Gasteiger partial charge < -0.3 is 56.7 Å². The number of phenolic OH excluding ortho intramolecular Hbond substituents is 1. The first-order valence-electron chi connectivity index (χ1n) is 22.1. The molecule has 3 fully saturated rings. The molecule has 15 nitrogen and oxygen atoms in total. The van der Waals surface area contributed by atoms with Gasteiger partial charge in [0.1, 0.15) is 22.6 Å². The van der Waals surface area contributed by atoms with Crippen LogP contribution in [0.25, 0.3) is 0 Å². The summed E-state index contributed by atoms with van der Waals surface area (Å²) < 4.78 is 61.6. The zero-order valence-electron chi connectivity index (χ0n) is 43.3. The van der Waals surface area contributed by atoms with Crippen molar-refractivity contribution in [1.82, 2.24) is 0 Å². The van der Waals surface area contributed by atoms with E-state index in [2.05, 4.69) is 62.0 Å². The van der Waals surface area contributed by atoms with Crippen LogP contribution in [0.15, 0.2) is 63.5 Å². The Morgan fingerprint density at radius 3 is 1.17 bits per heavy atom. The number of aryl methyl sites for hydroxylation is 3. The largest absolute Gasteiger partial charge is 0.507 e. The summed E-state index contributed by atoms with van der Waals surface area (Å²) in [6.45, 7) is 29.9. The molecule has 0 aliphatic carbocycles. The van der Waals surface area contributed by atoms with Crippen LogP contribution in [-0.2, 0) is 56.5 Å². The van der Waals surface area contributed by atoms with Crippen molar-refractivity contribution >= 4 is 92.3 Å². The number of alkyl halides is 1. The molecule has 0 bridgehead atoms. The molecule has 0 radical (unpaired) electrons. The zero-order valence-corrected chi connectivity index (χ0v) is 48.1. The lowest BCUT2D eigenvalue weighted by molar-refractivity contribution is -0.143. The van der Waals surface area contributed by atoms with Gasteiger partial charge in [-0.1, -0.05) is 45.8 Å². The molecule has 0 spiro atoms. The van der Waals surface area contributed by atoms with Gasteiger partial charge in [-0.15, -0.1) is 0 Å². The van der Waals surface area contributed by atoms with Crippen LogP contribution in [-0.4, -0.2) is 118 Å². The maximum absolute atomic E-state index is 11.3. The fraction of sp³-hybridized carbons (Fsp3) is 0.562. The summed E-state index contributed by atoms with van der Waals surface area (Å²) >= 11 is 9.44. The summed E-state index contributed by atoms with van der Waals surface area (Å²) in [6.07, 6.45) is 0. The van der Waals surface area contributed by atoms with E-state index >= 15 is 0 Å². The summed E-state index contributed by atoms with van der Waals surface area (Å²) in [6, 6.07) is 16.7. The van der Waals surface area contributed by atoms with Gasteiger partial charge in [-0.05, 0) is 177 Å². The third-order valence-corrected chi connectivity index (χ3v) is 13.8. The molecule has 3 aromatic carbocycles. The molecule has 21 heteroatoms. The maximum Gasteiger partial charge on any atom is 0.498 e. The number of ether oxygens (including phenoxy) is 5. The van der Waals surface area contributed by atoms with Crippen LogP contribution in [0.5, 0.6) is 17.2 Å². The van der Waals surface area contributed by atoms with Crippen molar-refractivity contribution in [2.75, 3.05) is 39.9 Å². The summed E-state index contributed by atoms with van der Waals surface area (Å²) in [5, 5.41) is 9.28. The third kappa shape index (κ3) is 18.1. The highest BCUT2D eigenvalue weighted by atomic mass is 79.9. The Labute approximate surface area is 435 Å². The molecule has 0 atom stereocenters. The minimum Gasteiger partial charge on any atom is -0.507 e. The number of benzene rings is 3. The lowest BCUT2D eigenvalue weighted by Gasteiger charge is -2.32. The minimum atomic E-state index is -0.530. The lowest BCUT2D eigenvalue weighted by Crippen LogP contribution is -2.41. The van der Waals surface area contributed by atoms with E-state index in [-0.39, 0.29) is 46.9 Å². The fourth-order valence-corrected chi connectivity index (χ4v) is 7.06. The van der Waals surface area contributed by atoms with Gasteiger partial charge in [0.2, 0.25) is 0 Å². The van der Waals surface area contributed by atoms with Crippen LogP contribution >= 0.6 is 47.8 Å². The van der Waals surface area contributed by atoms with Crippen LogP contribution in [0.4, 0.5) is 0 Å². The van der Waals surface area contributed by atoms with Crippen molar-refractivity contribution in [1.29, 1.82) is 0 Å². The Balaban J connectivity index is 0.000000314. The van der Waals surface area contributed by atoms with Gasteiger partial charge in [0.15, 0.2) is 13.2 Å². The van der Waals surface area contributed by atoms with Crippen LogP contribution < -0.4 is 14.9 Å². The first kappa shape index (κ1) is 62.0. The molecule has 0 unspecified atom stereocenters. The number of halogens is 3. The van der Waals surface area contributed by atoms with E-state index in [1.54, 1.807) is 6.07 Å². The van der Waals surface area contributed by atoms with Crippen molar-refractivity contribution in [3.63, 3.8) is 0 Å². The third-order valence-electron chi connectivity index (χ3n) is 12.1. The Bertz CT molecular complexity index is 2100. The molecule has 69 heavy (non-hydrogen) atoms. The van der Waals surface area contributed by atoms with Gasteiger partial charge in [0.25, 0.3) is 0 Å². The summed E-state index contributed by atoms with van der Waals surface area (Å²) in [5.74, 6) is 0.434. The van der Waals surface area contributed by atoms with Crippen LogP contribution in [0.3, 0.4) is 0 Å². The number of hydrogen-bond donors (Lipinski definition) is 1. The summed E-state index contributed by atoms with van der Waals surface area (Å²) in [5.41, 5.74) is 1.81. The quantitative estimate of drug-likeness (QED) is 0.0929. The number of hydrogen-bond acceptors (Lipinski definition) is 15. The highest BCUT2D eigenvalue weighted by Gasteiger charge is 2.63. The molecule has 0 amide bonds. The Hall–Kier alpha value is -3.14. The first-order chi connectivity index (χ1) is 31.7. The predicted molar refractivity (Wildman–Crippen MR) is 279 cm³/mol. The van der Waals surface area contributed by atoms with Crippen molar-refractivity contribution in [3.05, 3.63) is 80.2 Å². The molecule has 1 N–H and O–H groups in total. The monoisotopic (exact) mass is 1160 g/mol. The van der Waals surface area contributed by atoms with Crippen LogP contribution in [0.1, 0.15) is 99.8 Å². The van der Waals surface area contributed by atoms with E-state index in [9.17, 15) is 14.4 Å². The second kappa shape index (κ2) is 26.0. The molecular formula is C48H70B3Br3O15. The first-order valence-corrected chi connectivity index (χ1v) is 24.8. The Kier molecular flexibility index (Phi) is 23.4. The highest BCUT2D eigenvalue weighted by molar-refractivity contribution is 9.11. The molecule has 3 aliphatic rings. The Morgan fingerprint density at radius 2 is 0.841 bits per heavy atom. The lowest BCUT2D eigenvalue weighted by atomic mass is 9.49. The van der Waals surface area contributed by atoms with Crippen molar-refractivity contribution < 1.29 is 71.1 Å². The molecule has 3 aromatic rings. The van der Waals surface area contributed by atoms with Gasteiger partial charge in [0.05, 0.1) is 63.9 Å². The molecule has 0 saturated carbocycles. The predicted octanol–water partition coefficient (Wildman–Crippen LogP) is 9.42. The molecule has 6 rings (SSSR count). The van der Waals surface area contributed by atoms with Crippen molar-refractivity contribution in [2.24, 2.45) is 0 Å².